The van der Waals surface area contributed by atoms with Gasteiger partial charge in [0.1, 0.15) is 12.4 Å². The van der Waals surface area contributed by atoms with Gasteiger partial charge in [-0.05, 0) is 49.8 Å². The molecule has 0 fully saturated rings. The molecule has 0 bridgehead atoms. The Morgan fingerprint density at radius 1 is 1.00 bits per heavy atom. The Bertz CT molecular complexity index is 668. The highest BCUT2D eigenvalue weighted by atomic mass is 16.5. The van der Waals surface area contributed by atoms with E-state index in [1.54, 1.807) is 31.2 Å². The van der Waals surface area contributed by atoms with E-state index in [9.17, 15) is 10.0 Å². The van der Waals surface area contributed by atoms with Gasteiger partial charge in [-0.15, -0.1) is 0 Å². The number of hydrogen-bond donors (Lipinski definition) is 2. The lowest BCUT2D eigenvalue weighted by Crippen LogP contribution is -2.34. The summed E-state index contributed by atoms with van der Waals surface area (Å²) in [5.41, 5.74) is 6.88. The molecule has 1 unspecified atom stereocenters. The average Bonchev–Trinajstić information content (AvgIpc) is 2.74. The molecule has 6 nitrogen and oxygen atoms in total. The van der Waals surface area contributed by atoms with Crippen LogP contribution in [0.4, 0.5) is 4.79 Å². The number of amides is 2. The Hall–Kier alpha value is -2.57. The minimum absolute atomic E-state index is 0.489. The number of benzene rings is 2. The maximum Gasteiger partial charge on any atom is 0.339 e. The summed E-state index contributed by atoms with van der Waals surface area (Å²) in [6.07, 6.45) is 0. The van der Waals surface area contributed by atoms with Crippen molar-refractivity contribution in [3.05, 3.63) is 65.7 Å². The molecule has 2 amide bonds. The number of urea groups is 1. The molecular formula is C22H33N3O3. The lowest BCUT2D eigenvalue weighted by molar-refractivity contribution is -0.0710. The fourth-order valence-corrected chi connectivity index (χ4v) is 2.59. The Labute approximate surface area is 168 Å². The normalized spacial score (nSPS) is 11.4. The van der Waals surface area contributed by atoms with Crippen molar-refractivity contribution in [2.45, 2.75) is 40.3 Å². The van der Waals surface area contributed by atoms with Gasteiger partial charge in [0.15, 0.2) is 0 Å². The van der Waals surface area contributed by atoms with Gasteiger partial charge in [0, 0.05) is 0 Å². The molecular weight excluding hydrogens is 354 g/mol. The number of ether oxygens (including phenoxy) is 1. The minimum atomic E-state index is -0.882. The lowest BCUT2D eigenvalue weighted by atomic mass is 10.1. The first-order valence-corrected chi connectivity index (χ1v) is 9.69. The zero-order chi connectivity index (χ0) is 20.9. The van der Waals surface area contributed by atoms with Crippen molar-refractivity contribution in [2.75, 3.05) is 19.6 Å². The number of rotatable bonds is 8. The van der Waals surface area contributed by atoms with Crippen LogP contribution in [-0.4, -0.2) is 40.8 Å². The molecule has 3 N–H and O–H groups in total. The van der Waals surface area contributed by atoms with Crippen LogP contribution in [0.3, 0.4) is 0 Å². The highest BCUT2D eigenvalue weighted by Gasteiger charge is 2.16. The quantitative estimate of drug-likeness (QED) is 0.518. The molecule has 0 aromatic heterocycles. The molecule has 6 heteroatoms. The van der Waals surface area contributed by atoms with Crippen molar-refractivity contribution in [3.63, 3.8) is 0 Å². The van der Waals surface area contributed by atoms with Gasteiger partial charge in [-0.2, -0.15) is 5.06 Å². The Kier molecular flexibility index (Phi) is 10.7. The zero-order valence-electron chi connectivity index (χ0n) is 17.3. The molecule has 0 aliphatic rings. The molecule has 0 saturated heterocycles. The Morgan fingerprint density at radius 2 is 1.54 bits per heavy atom. The summed E-state index contributed by atoms with van der Waals surface area (Å²) < 4.78 is 5.67. The lowest BCUT2D eigenvalue weighted by Gasteiger charge is -2.20. The number of hydroxylamine groups is 2. The van der Waals surface area contributed by atoms with Crippen LogP contribution in [0.1, 0.15) is 44.9 Å². The summed E-state index contributed by atoms with van der Waals surface area (Å²) in [6.45, 7) is 12.3. The second kappa shape index (κ2) is 12.8. The van der Waals surface area contributed by atoms with Crippen molar-refractivity contribution in [1.82, 2.24) is 9.96 Å². The van der Waals surface area contributed by atoms with Crippen LogP contribution < -0.4 is 10.5 Å². The summed E-state index contributed by atoms with van der Waals surface area (Å²) in [5.74, 6) is 0.721. The fourth-order valence-electron chi connectivity index (χ4n) is 2.59. The molecule has 1 atom stereocenters. The predicted octanol–water partition coefficient (Wildman–Crippen LogP) is 4.44. The number of primary amides is 1. The van der Waals surface area contributed by atoms with E-state index in [2.05, 4.69) is 25.7 Å². The van der Waals surface area contributed by atoms with Crippen LogP contribution in [0.2, 0.25) is 0 Å². The Morgan fingerprint density at radius 3 is 1.96 bits per heavy atom. The van der Waals surface area contributed by atoms with E-state index in [0.29, 0.717) is 11.7 Å². The molecule has 28 heavy (non-hydrogen) atoms. The van der Waals surface area contributed by atoms with E-state index >= 15 is 0 Å². The third-order valence-corrected chi connectivity index (χ3v) is 4.55. The van der Waals surface area contributed by atoms with Crippen molar-refractivity contribution < 1.29 is 14.7 Å². The predicted molar refractivity (Wildman–Crippen MR) is 112 cm³/mol. The van der Waals surface area contributed by atoms with Crippen LogP contribution in [0, 0.1) is 0 Å². The third-order valence-electron chi connectivity index (χ3n) is 4.55. The number of nitrogens with two attached hydrogens (primary N) is 1. The van der Waals surface area contributed by atoms with Crippen molar-refractivity contribution in [3.8, 4) is 5.75 Å². The van der Waals surface area contributed by atoms with Gasteiger partial charge in [-0.25, -0.2) is 4.79 Å². The molecule has 0 radical (unpaired) electrons. The SMILES string of the molecule is CC(c1ccc(OCc2ccccc2)cc1)N(O)C(N)=O.CCN(CC)CC. The van der Waals surface area contributed by atoms with Crippen LogP contribution in [0.15, 0.2) is 54.6 Å². The smallest absolute Gasteiger partial charge is 0.339 e. The summed E-state index contributed by atoms with van der Waals surface area (Å²) in [4.78, 5) is 13.3. The number of carbonyl (C=O) groups is 1. The largest absolute Gasteiger partial charge is 0.489 e. The number of nitrogens with zero attached hydrogens (tertiary/aromatic N) is 2. The summed E-state index contributed by atoms with van der Waals surface area (Å²) >= 11 is 0. The zero-order valence-corrected chi connectivity index (χ0v) is 17.3. The molecule has 0 saturated carbocycles. The first-order chi connectivity index (χ1) is 13.4. The van der Waals surface area contributed by atoms with Gasteiger partial charge in [0.05, 0.1) is 6.04 Å². The van der Waals surface area contributed by atoms with E-state index in [4.69, 9.17) is 10.5 Å². The van der Waals surface area contributed by atoms with E-state index in [1.807, 2.05) is 30.3 Å². The third kappa shape index (κ3) is 7.98. The first-order valence-electron chi connectivity index (χ1n) is 9.69. The summed E-state index contributed by atoms with van der Waals surface area (Å²) in [6, 6.07) is 15.6. The maximum absolute atomic E-state index is 10.9. The van der Waals surface area contributed by atoms with Crippen LogP contribution in [0.25, 0.3) is 0 Å². The summed E-state index contributed by atoms with van der Waals surface area (Å²) in [7, 11) is 0. The molecule has 2 rings (SSSR count). The second-order valence-corrected chi connectivity index (χ2v) is 6.32. The Balaban J connectivity index is 0.000000480. The van der Waals surface area contributed by atoms with Crippen molar-refractivity contribution in [2.24, 2.45) is 5.73 Å². The van der Waals surface area contributed by atoms with Gasteiger partial charge in [0.25, 0.3) is 0 Å². The fraction of sp³-hybridized carbons (Fsp3) is 0.409. The van der Waals surface area contributed by atoms with Gasteiger partial charge in [0.2, 0.25) is 0 Å². The van der Waals surface area contributed by atoms with E-state index in [1.165, 1.54) is 19.6 Å². The topological polar surface area (TPSA) is 79.0 Å². The molecule has 0 aliphatic carbocycles. The maximum atomic E-state index is 10.9. The molecule has 0 aliphatic heterocycles. The van der Waals surface area contributed by atoms with Gasteiger partial charge in [-0.3, -0.25) is 5.21 Å². The van der Waals surface area contributed by atoms with E-state index in [-0.39, 0.29) is 0 Å². The molecule has 0 spiro atoms. The van der Waals surface area contributed by atoms with Crippen molar-refractivity contribution in [1.29, 1.82) is 0 Å². The van der Waals surface area contributed by atoms with Gasteiger partial charge < -0.3 is 15.4 Å². The van der Waals surface area contributed by atoms with Crippen LogP contribution >= 0.6 is 0 Å². The first kappa shape index (κ1) is 23.5. The highest BCUT2D eigenvalue weighted by molar-refractivity contribution is 5.71. The average molecular weight is 388 g/mol. The van der Waals surface area contributed by atoms with Crippen LogP contribution in [0.5, 0.6) is 5.75 Å². The second-order valence-electron chi connectivity index (χ2n) is 6.32. The van der Waals surface area contributed by atoms with E-state index in [0.717, 1.165) is 16.9 Å². The standard InChI is InChI=1S/C16H18N2O3.C6H15N/c1-12(18(20)16(17)19)14-7-9-15(10-8-14)21-11-13-5-3-2-4-6-13;1-4-7(5-2)6-3/h2-10,12,20H,11H2,1H3,(H2,17,19);4-6H2,1-3H3. The molecule has 154 valence electrons. The number of hydrogen-bond acceptors (Lipinski definition) is 4. The van der Waals surface area contributed by atoms with Gasteiger partial charge >= 0.3 is 6.03 Å². The van der Waals surface area contributed by atoms with Crippen molar-refractivity contribution >= 4 is 6.03 Å². The molecule has 2 aromatic rings. The highest BCUT2D eigenvalue weighted by Crippen LogP contribution is 2.21. The molecule has 0 heterocycles. The number of carbonyl (C=O) groups excluding carboxylic acids is 1. The van der Waals surface area contributed by atoms with Crippen LogP contribution in [-0.2, 0) is 6.61 Å². The molecule has 2 aromatic carbocycles. The monoisotopic (exact) mass is 387 g/mol. The minimum Gasteiger partial charge on any atom is -0.489 e. The summed E-state index contributed by atoms with van der Waals surface area (Å²) in [5, 5.41) is 10.00. The van der Waals surface area contributed by atoms with E-state index < -0.39 is 12.1 Å². The van der Waals surface area contributed by atoms with Gasteiger partial charge in [-0.1, -0.05) is 63.2 Å².